The Balaban J connectivity index is 2.78. The van der Waals surface area contributed by atoms with Crippen molar-refractivity contribution >= 4 is 23.8 Å². The molecule has 2 nitrogen and oxygen atoms in total. The van der Waals surface area contributed by atoms with Crippen LogP contribution in [0.25, 0.3) is 0 Å². The van der Waals surface area contributed by atoms with Gasteiger partial charge in [0.15, 0.2) is 0 Å². The maximum atomic E-state index is 4.28. The van der Waals surface area contributed by atoms with E-state index in [0.29, 0.717) is 0 Å². The standard InChI is InChI=1S/C14H16N2/c1-3-5-10-15-13-8-7-9-14(12-13)16-11-6-4-2/h3-12H,1-2H3/b5-3+,6-4+,15-10?,16-11?. The van der Waals surface area contributed by atoms with Crippen LogP contribution in [0.1, 0.15) is 13.8 Å². The summed E-state index contributed by atoms with van der Waals surface area (Å²) in [5.41, 5.74) is 1.82. The van der Waals surface area contributed by atoms with Crippen molar-refractivity contribution < 1.29 is 0 Å². The summed E-state index contributed by atoms with van der Waals surface area (Å²) < 4.78 is 0. The zero-order valence-corrected chi connectivity index (χ0v) is 9.67. The van der Waals surface area contributed by atoms with Crippen molar-refractivity contribution in [3.63, 3.8) is 0 Å². The fourth-order valence-corrected chi connectivity index (χ4v) is 1.08. The Hall–Kier alpha value is -1.96. The highest BCUT2D eigenvalue weighted by atomic mass is 14.7. The number of allylic oxidation sites excluding steroid dienone is 4. The van der Waals surface area contributed by atoms with E-state index in [4.69, 9.17) is 0 Å². The minimum Gasteiger partial charge on any atom is -0.257 e. The van der Waals surface area contributed by atoms with E-state index in [1.165, 1.54) is 0 Å². The zero-order chi connectivity index (χ0) is 11.6. The van der Waals surface area contributed by atoms with Gasteiger partial charge >= 0.3 is 0 Å². The van der Waals surface area contributed by atoms with Gasteiger partial charge in [-0.1, -0.05) is 18.2 Å². The van der Waals surface area contributed by atoms with Crippen molar-refractivity contribution in [3.8, 4) is 0 Å². The Labute approximate surface area is 96.8 Å². The first-order valence-corrected chi connectivity index (χ1v) is 5.27. The van der Waals surface area contributed by atoms with E-state index in [-0.39, 0.29) is 0 Å². The SMILES string of the molecule is C/C=C/C=Nc1cccc(N=C/C=C/C)c1. The largest absolute Gasteiger partial charge is 0.257 e. The minimum absolute atomic E-state index is 0.910. The number of benzene rings is 1. The Morgan fingerprint density at radius 2 is 1.38 bits per heavy atom. The van der Waals surface area contributed by atoms with E-state index in [0.717, 1.165) is 11.4 Å². The highest BCUT2D eigenvalue weighted by molar-refractivity contribution is 5.76. The van der Waals surface area contributed by atoms with Gasteiger partial charge in [-0.15, -0.1) is 0 Å². The average Bonchev–Trinajstić information content (AvgIpc) is 2.30. The third kappa shape index (κ3) is 4.51. The van der Waals surface area contributed by atoms with Gasteiger partial charge in [-0.3, -0.25) is 9.98 Å². The lowest BCUT2D eigenvalue weighted by atomic mass is 10.3. The van der Waals surface area contributed by atoms with Crippen LogP contribution in [0.3, 0.4) is 0 Å². The van der Waals surface area contributed by atoms with Crippen molar-refractivity contribution in [2.24, 2.45) is 9.98 Å². The molecular weight excluding hydrogens is 196 g/mol. The predicted molar refractivity (Wildman–Crippen MR) is 72.4 cm³/mol. The zero-order valence-electron chi connectivity index (χ0n) is 9.67. The summed E-state index contributed by atoms with van der Waals surface area (Å²) >= 11 is 0. The molecule has 0 amide bonds. The highest BCUT2D eigenvalue weighted by Crippen LogP contribution is 2.19. The lowest BCUT2D eigenvalue weighted by Gasteiger charge is -1.94. The van der Waals surface area contributed by atoms with Crippen LogP contribution in [0, 0.1) is 0 Å². The second kappa shape index (κ2) is 7.35. The maximum absolute atomic E-state index is 4.28. The van der Waals surface area contributed by atoms with Crippen LogP contribution >= 0.6 is 0 Å². The lowest BCUT2D eigenvalue weighted by Crippen LogP contribution is -1.69. The van der Waals surface area contributed by atoms with Crippen LogP contribution in [0.4, 0.5) is 11.4 Å². The molecule has 0 heterocycles. The Morgan fingerprint density at radius 3 is 1.81 bits per heavy atom. The van der Waals surface area contributed by atoms with E-state index < -0.39 is 0 Å². The molecule has 82 valence electrons. The molecule has 2 heteroatoms. The Bertz CT molecular complexity index is 389. The van der Waals surface area contributed by atoms with Crippen LogP contribution in [0.15, 0.2) is 58.6 Å². The first-order chi connectivity index (χ1) is 7.86. The fraction of sp³-hybridized carbons (Fsp3) is 0.143. The van der Waals surface area contributed by atoms with E-state index in [1.54, 1.807) is 12.4 Å². The summed E-state index contributed by atoms with van der Waals surface area (Å²) in [4.78, 5) is 8.56. The molecule has 0 aromatic heterocycles. The molecule has 0 unspecified atom stereocenters. The van der Waals surface area contributed by atoms with Gasteiger partial charge in [0.25, 0.3) is 0 Å². The van der Waals surface area contributed by atoms with Gasteiger partial charge in [0.2, 0.25) is 0 Å². The third-order valence-corrected chi connectivity index (χ3v) is 1.83. The highest BCUT2D eigenvalue weighted by Gasteiger charge is 1.89. The number of nitrogens with zero attached hydrogens (tertiary/aromatic N) is 2. The number of hydrogen-bond donors (Lipinski definition) is 0. The van der Waals surface area contributed by atoms with Crippen LogP contribution in [-0.4, -0.2) is 12.4 Å². The van der Waals surface area contributed by atoms with Crippen LogP contribution < -0.4 is 0 Å². The summed E-state index contributed by atoms with van der Waals surface area (Å²) in [6.45, 7) is 3.92. The van der Waals surface area contributed by atoms with Crippen molar-refractivity contribution in [3.05, 3.63) is 48.6 Å². The Kier molecular flexibility index (Phi) is 5.56. The molecule has 0 saturated heterocycles. The summed E-state index contributed by atoms with van der Waals surface area (Å²) in [5, 5.41) is 0. The topological polar surface area (TPSA) is 24.7 Å². The molecule has 0 N–H and O–H groups in total. The number of hydrogen-bond acceptors (Lipinski definition) is 2. The van der Waals surface area contributed by atoms with Crippen LogP contribution in [-0.2, 0) is 0 Å². The molecule has 0 atom stereocenters. The molecule has 0 saturated carbocycles. The van der Waals surface area contributed by atoms with E-state index in [9.17, 15) is 0 Å². The molecular formula is C14H16N2. The van der Waals surface area contributed by atoms with E-state index >= 15 is 0 Å². The molecule has 1 aromatic carbocycles. The Morgan fingerprint density at radius 1 is 0.875 bits per heavy atom. The summed E-state index contributed by atoms with van der Waals surface area (Å²) in [7, 11) is 0. The minimum atomic E-state index is 0.910. The summed E-state index contributed by atoms with van der Waals surface area (Å²) in [5.74, 6) is 0. The van der Waals surface area contributed by atoms with Gasteiger partial charge in [-0.05, 0) is 44.2 Å². The van der Waals surface area contributed by atoms with Crippen LogP contribution in [0.5, 0.6) is 0 Å². The van der Waals surface area contributed by atoms with E-state index in [2.05, 4.69) is 9.98 Å². The predicted octanol–water partition coefficient (Wildman–Crippen LogP) is 4.24. The molecule has 16 heavy (non-hydrogen) atoms. The molecule has 0 spiro atoms. The van der Waals surface area contributed by atoms with Gasteiger partial charge < -0.3 is 0 Å². The van der Waals surface area contributed by atoms with Crippen LogP contribution in [0.2, 0.25) is 0 Å². The van der Waals surface area contributed by atoms with Crippen molar-refractivity contribution in [2.45, 2.75) is 13.8 Å². The van der Waals surface area contributed by atoms with Gasteiger partial charge in [0.05, 0.1) is 11.4 Å². The lowest BCUT2D eigenvalue weighted by molar-refractivity contribution is 1.48. The first kappa shape index (κ1) is 12.1. The summed E-state index contributed by atoms with van der Waals surface area (Å²) in [6.07, 6.45) is 11.2. The van der Waals surface area contributed by atoms with Gasteiger partial charge in [-0.25, -0.2) is 0 Å². The molecule has 1 aromatic rings. The number of rotatable bonds is 4. The molecule has 1 rings (SSSR count). The number of aliphatic imine (C=N–C) groups is 2. The van der Waals surface area contributed by atoms with Gasteiger partial charge in [-0.2, -0.15) is 0 Å². The molecule has 0 radical (unpaired) electrons. The second-order valence-electron chi connectivity index (χ2n) is 3.13. The maximum Gasteiger partial charge on any atom is 0.0651 e. The van der Waals surface area contributed by atoms with Crippen molar-refractivity contribution in [1.82, 2.24) is 0 Å². The van der Waals surface area contributed by atoms with Crippen molar-refractivity contribution in [2.75, 3.05) is 0 Å². The summed E-state index contributed by atoms with van der Waals surface area (Å²) in [6, 6.07) is 7.80. The average molecular weight is 212 g/mol. The van der Waals surface area contributed by atoms with Gasteiger partial charge in [0.1, 0.15) is 0 Å². The molecule has 0 bridgehead atoms. The smallest absolute Gasteiger partial charge is 0.0651 e. The third-order valence-electron chi connectivity index (χ3n) is 1.83. The molecule has 0 aliphatic rings. The molecule has 0 aliphatic carbocycles. The molecule has 0 fully saturated rings. The fourth-order valence-electron chi connectivity index (χ4n) is 1.08. The quantitative estimate of drug-likeness (QED) is 0.667. The monoisotopic (exact) mass is 212 g/mol. The first-order valence-electron chi connectivity index (χ1n) is 5.27. The van der Waals surface area contributed by atoms with E-state index in [1.807, 2.05) is 62.4 Å². The normalized spacial score (nSPS) is 12.6. The van der Waals surface area contributed by atoms with Crippen molar-refractivity contribution in [1.29, 1.82) is 0 Å². The molecule has 0 aliphatic heterocycles. The van der Waals surface area contributed by atoms with Gasteiger partial charge in [0, 0.05) is 12.4 Å². The second-order valence-corrected chi connectivity index (χ2v) is 3.13.